The molecule has 17 heavy (non-hydrogen) atoms. The average molecular weight is 257 g/mol. The molecule has 1 aliphatic heterocycles. The van der Waals surface area contributed by atoms with Gasteiger partial charge in [0.1, 0.15) is 11.3 Å². The van der Waals surface area contributed by atoms with Crippen molar-refractivity contribution in [2.75, 3.05) is 13.1 Å². The minimum atomic E-state index is -0.871. The number of carboxylic acid groups (broad SMARTS) is 1. The summed E-state index contributed by atoms with van der Waals surface area (Å²) in [6, 6.07) is 5.20. The molecule has 1 aromatic heterocycles. The van der Waals surface area contributed by atoms with Gasteiger partial charge in [0.15, 0.2) is 0 Å². The number of rotatable bonds is 2. The molecule has 92 valence electrons. The van der Waals surface area contributed by atoms with Crippen LogP contribution in [-0.2, 0) is 0 Å². The lowest BCUT2D eigenvalue weighted by Gasteiger charge is -2.29. The van der Waals surface area contributed by atoms with Gasteiger partial charge in [0, 0.05) is 32.0 Å². The minimum Gasteiger partial charge on any atom is -0.474 e. The second kappa shape index (κ2) is 5.23. The fourth-order valence-corrected chi connectivity index (χ4v) is 1.95. The molecule has 0 spiro atoms. The molecule has 0 radical (unpaired) electrons. The maximum Gasteiger partial charge on any atom is 0.407 e. The number of hydrogen-bond donors (Lipinski definition) is 1. The smallest absolute Gasteiger partial charge is 0.407 e. The predicted octanol–water partition coefficient (Wildman–Crippen LogP) is 2.26. The van der Waals surface area contributed by atoms with Crippen molar-refractivity contribution in [1.82, 2.24) is 9.88 Å². The Morgan fingerprint density at radius 3 is 2.76 bits per heavy atom. The number of amides is 1. The third kappa shape index (κ3) is 3.23. The van der Waals surface area contributed by atoms with Crippen molar-refractivity contribution in [2.45, 2.75) is 18.9 Å². The number of carbonyl (C=O) groups is 1. The third-order valence-electron chi connectivity index (χ3n) is 2.69. The molecule has 1 amide bonds. The quantitative estimate of drug-likeness (QED) is 0.825. The maximum absolute atomic E-state index is 10.7. The van der Waals surface area contributed by atoms with Crippen molar-refractivity contribution in [3.63, 3.8) is 0 Å². The molecule has 2 heterocycles. The van der Waals surface area contributed by atoms with Gasteiger partial charge in [-0.05, 0) is 6.07 Å². The van der Waals surface area contributed by atoms with E-state index < -0.39 is 6.09 Å². The second-order valence-corrected chi connectivity index (χ2v) is 4.27. The van der Waals surface area contributed by atoms with Crippen molar-refractivity contribution >= 4 is 17.7 Å². The molecule has 6 heteroatoms. The normalized spacial score (nSPS) is 16.9. The lowest BCUT2D eigenvalue weighted by Crippen LogP contribution is -2.41. The van der Waals surface area contributed by atoms with Crippen molar-refractivity contribution < 1.29 is 14.6 Å². The molecule has 0 aromatic carbocycles. The lowest BCUT2D eigenvalue weighted by molar-refractivity contribution is 0.0871. The first-order valence-electron chi connectivity index (χ1n) is 5.42. The monoisotopic (exact) mass is 256 g/mol. The standard InChI is InChI=1S/C11H13ClN2O3/c12-9-2-1-3-10(13-9)17-8-4-6-14(7-5-8)11(15)16/h1-3,8H,4-7H2,(H,15,16). The zero-order valence-electron chi connectivity index (χ0n) is 9.17. The van der Waals surface area contributed by atoms with Crippen molar-refractivity contribution in [3.8, 4) is 5.88 Å². The maximum atomic E-state index is 10.7. The van der Waals surface area contributed by atoms with E-state index in [1.54, 1.807) is 18.2 Å². The van der Waals surface area contributed by atoms with Crippen LogP contribution in [0.1, 0.15) is 12.8 Å². The molecule has 0 aliphatic carbocycles. The van der Waals surface area contributed by atoms with Crippen LogP contribution < -0.4 is 4.74 Å². The van der Waals surface area contributed by atoms with Crippen LogP contribution >= 0.6 is 11.6 Å². The zero-order chi connectivity index (χ0) is 12.3. The van der Waals surface area contributed by atoms with Crippen LogP contribution in [0.15, 0.2) is 18.2 Å². The summed E-state index contributed by atoms with van der Waals surface area (Å²) in [6.07, 6.45) is 0.502. The minimum absolute atomic E-state index is 0.0107. The Kier molecular flexibility index (Phi) is 3.68. The Labute approximate surface area is 104 Å². The molecule has 1 fully saturated rings. The van der Waals surface area contributed by atoms with E-state index in [0.717, 1.165) is 0 Å². The summed E-state index contributed by atoms with van der Waals surface area (Å²) in [4.78, 5) is 16.1. The molecule has 0 bridgehead atoms. The molecular weight excluding hydrogens is 244 g/mol. The fourth-order valence-electron chi connectivity index (χ4n) is 1.79. The Morgan fingerprint density at radius 1 is 1.47 bits per heavy atom. The summed E-state index contributed by atoms with van der Waals surface area (Å²) in [5.74, 6) is 0.492. The van der Waals surface area contributed by atoms with Crippen LogP contribution in [0.2, 0.25) is 5.15 Å². The molecule has 5 nitrogen and oxygen atoms in total. The van der Waals surface area contributed by atoms with Gasteiger partial charge in [-0.3, -0.25) is 0 Å². The second-order valence-electron chi connectivity index (χ2n) is 3.89. The summed E-state index contributed by atoms with van der Waals surface area (Å²) in [7, 11) is 0. The van der Waals surface area contributed by atoms with Crippen LogP contribution in [0.4, 0.5) is 4.79 Å². The van der Waals surface area contributed by atoms with E-state index in [-0.39, 0.29) is 6.10 Å². The largest absolute Gasteiger partial charge is 0.474 e. The molecule has 1 aliphatic rings. The zero-order valence-corrected chi connectivity index (χ0v) is 9.93. The van der Waals surface area contributed by atoms with Gasteiger partial charge in [0.25, 0.3) is 0 Å². The van der Waals surface area contributed by atoms with E-state index in [4.69, 9.17) is 21.4 Å². The first-order valence-corrected chi connectivity index (χ1v) is 5.80. The van der Waals surface area contributed by atoms with E-state index in [2.05, 4.69) is 4.98 Å². The van der Waals surface area contributed by atoms with E-state index in [1.807, 2.05) is 0 Å². The summed E-state index contributed by atoms with van der Waals surface area (Å²) in [5.41, 5.74) is 0. The Morgan fingerprint density at radius 2 is 2.18 bits per heavy atom. The van der Waals surface area contributed by atoms with Crippen LogP contribution in [0.5, 0.6) is 5.88 Å². The highest BCUT2D eigenvalue weighted by atomic mass is 35.5. The fraction of sp³-hybridized carbons (Fsp3) is 0.455. The number of aromatic nitrogens is 1. The summed E-state index contributed by atoms with van der Waals surface area (Å²) < 4.78 is 5.65. The van der Waals surface area contributed by atoms with E-state index in [1.165, 1.54) is 4.90 Å². The number of nitrogens with zero attached hydrogens (tertiary/aromatic N) is 2. The SMILES string of the molecule is O=C(O)N1CCC(Oc2cccc(Cl)n2)CC1. The molecule has 2 rings (SSSR count). The van der Waals surface area contributed by atoms with Crippen molar-refractivity contribution in [2.24, 2.45) is 0 Å². The van der Waals surface area contributed by atoms with Gasteiger partial charge < -0.3 is 14.7 Å². The predicted molar refractivity (Wildman–Crippen MR) is 62.5 cm³/mol. The number of pyridine rings is 1. The topological polar surface area (TPSA) is 62.7 Å². The first kappa shape index (κ1) is 12.0. The van der Waals surface area contributed by atoms with Crippen LogP contribution in [0.25, 0.3) is 0 Å². The number of ether oxygens (including phenoxy) is 1. The highest BCUT2D eigenvalue weighted by molar-refractivity contribution is 6.29. The third-order valence-corrected chi connectivity index (χ3v) is 2.90. The Balaban J connectivity index is 1.88. The molecule has 0 unspecified atom stereocenters. The van der Waals surface area contributed by atoms with Gasteiger partial charge in [-0.25, -0.2) is 9.78 Å². The summed E-state index contributed by atoms with van der Waals surface area (Å²) in [5, 5.41) is 9.20. The number of halogens is 1. The summed E-state index contributed by atoms with van der Waals surface area (Å²) >= 11 is 5.75. The van der Waals surface area contributed by atoms with Gasteiger partial charge in [0.2, 0.25) is 5.88 Å². The number of piperidine rings is 1. The Hall–Kier alpha value is -1.49. The Bertz CT molecular complexity index is 405. The molecule has 1 saturated heterocycles. The molecular formula is C11H13ClN2O3. The van der Waals surface area contributed by atoms with E-state index in [0.29, 0.717) is 37.0 Å². The van der Waals surface area contributed by atoms with Gasteiger partial charge in [0.05, 0.1) is 0 Å². The molecule has 0 atom stereocenters. The lowest BCUT2D eigenvalue weighted by atomic mass is 10.1. The van der Waals surface area contributed by atoms with Crippen molar-refractivity contribution in [1.29, 1.82) is 0 Å². The van der Waals surface area contributed by atoms with E-state index in [9.17, 15) is 4.79 Å². The molecule has 1 aromatic rings. The highest BCUT2D eigenvalue weighted by Gasteiger charge is 2.23. The van der Waals surface area contributed by atoms with Gasteiger partial charge in [-0.1, -0.05) is 17.7 Å². The number of hydrogen-bond acceptors (Lipinski definition) is 3. The van der Waals surface area contributed by atoms with Crippen molar-refractivity contribution in [3.05, 3.63) is 23.4 Å². The van der Waals surface area contributed by atoms with Gasteiger partial charge in [-0.15, -0.1) is 0 Å². The first-order chi connectivity index (χ1) is 8.15. The van der Waals surface area contributed by atoms with Crippen LogP contribution in [-0.4, -0.2) is 40.3 Å². The van der Waals surface area contributed by atoms with Gasteiger partial charge >= 0.3 is 6.09 Å². The summed E-state index contributed by atoms with van der Waals surface area (Å²) in [6.45, 7) is 1.00. The van der Waals surface area contributed by atoms with Crippen LogP contribution in [0, 0.1) is 0 Å². The van der Waals surface area contributed by atoms with E-state index >= 15 is 0 Å². The van der Waals surface area contributed by atoms with Gasteiger partial charge in [-0.2, -0.15) is 0 Å². The average Bonchev–Trinajstić information content (AvgIpc) is 2.29. The molecule has 0 saturated carbocycles. The number of likely N-dealkylation sites (tertiary alicyclic amines) is 1. The van der Waals surface area contributed by atoms with Crippen LogP contribution in [0.3, 0.4) is 0 Å². The molecule has 1 N–H and O–H groups in total. The highest BCUT2D eigenvalue weighted by Crippen LogP contribution is 2.18.